The van der Waals surface area contributed by atoms with E-state index in [4.69, 9.17) is 11.6 Å². The number of hydrogen-bond donors (Lipinski definition) is 0. The van der Waals surface area contributed by atoms with Crippen LogP contribution in [0.2, 0.25) is 4.34 Å². The second-order valence-electron chi connectivity index (χ2n) is 4.38. The summed E-state index contributed by atoms with van der Waals surface area (Å²) in [6.45, 7) is 2.55. The van der Waals surface area contributed by atoms with Crippen molar-refractivity contribution in [2.45, 2.75) is 19.5 Å². The quantitative estimate of drug-likeness (QED) is 0.791. The van der Waals surface area contributed by atoms with E-state index in [2.05, 4.69) is 4.98 Å². The molecular formula is C14H15ClN2OS. The maximum Gasteiger partial charge on any atom is 0.189 e. The second kappa shape index (κ2) is 6.28. The molecule has 1 atom stereocenters. The summed E-state index contributed by atoms with van der Waals surface area (Å²) in [7, 11) is 1.92. The third-order valence-electron chi connectivity index (χ3n) is 2.99. The molecule has 19 heavy (non-hydrogen) atoms. The molecule has 0 amide bonds. The Morgan fingerprint density at radius 1 is 1.42 bits per heavy atom. The topological polar surface area (TPSA) is 33.2 Å². The molecular weight excluding hydrogens is 280 g/mol. The fourth-order valence-corrected chi connectivity index (χ4v) is 2.80. The van der Waals surface area contributed by atoms with Crippen molar-refractivity contribution >= 4 is 28.7 Å². The van der Waals surface area contributed by atoms with Gasteiger partial charge in [-0.15, -0.1) is 11.3 Å². The number of rotatable bonds is 5. The fraction of sp³-hybridized carbons (Fsp3) is 0.286. The van der Waals surface area contributed by atoms with Crippen LogP contribution in [0.4, 0.5) is 0 Å². The number of halogens is 1. The molecule has 0 aromatic carbocycles. The first kappa shape index (κ1) is 14.2. The summed E-state index contributed by atoms with van der Waals surface area (Å²) in [5, 5.41) is 0. The Kier molecular flexibility index (Phi) is 4.69. The number of carbonyl (C=O) groups is 1. The molecule has 3 nitrogen and oxygen atoms in total. The van der Waals surface area contributed by atoms with E-state index < -0.39 is 0 Å². The predicted molar refractivity (Wildman–Crippen MR) is 78.8 cm³/mol. The normalized spacial score (nSPS) is 12.6. The third kappa shape index (κ3) is 3.62. The van der Waals surface area contributed by atoms with Gasteiger partial charge in [-0.05, 0) is 38.2 Å². The molecule has 0 aliphatic heterocycles. The van der Waals surface area contributed by atoms with Gasteiger partial charge in [0.15, 0.2) is 5.78 Å². The van der Waals surface area contributed by atoms with Crippen molar-refractivity contribution in [3.05, 3.63) is 51.4 Å². The molecule has 1 unspecified atom stereocenters. The summed E-state index contributed by atoms with van der Waals surface area (Å²) in [5.41, 5.74) is 0.953. The molecule has 0 N–H and O–H groups in total. The van der Waals surface area contributed by atoms with E-state index in [9.17, 15) is 4.79 Å². The van der Waals surface area contributed by atoms with Crippen LogP contribution in [0.1, 0.15) is 22.3 Å². The van der Waals surface area contributed by atoms with Gasteiger partial charge in [0.25, 0.3) is 0 Å². The second-order valence-corrected chi connectivity index (χ2v) is 6.10. The number of pyridine rings is 1. The molecule has 0 fully saturated rings. The van der Waals surface area contributed by atoms with Crippen molar-refractivity contribution in [1.29, 1.82) is 0 Å². The van der Waals surface area contributed by atoms with Gasteiger partial charge in [-0.1, -0.05) is 17.7 Å². The number of Topliss-reactive ketones (excluding diaryl/α,β-unsaturated/α-hetero) is 1. The van der Waals surface area contributed by atoms with Crippen LogP contribution >= 0.6 is 22.9 Å². The standard InChI is InChI=1S/C14H15ClN2OS/c1-10(14(18)12-6-7-13(15)19-12)17(2)9-11-5-3-4-8-16-11/h3-8,10H,9H2,1-2H3. The number of hydrogen-bond acceptors (Lipinski definition) is 4. The van der Waals surface area contributed by atoms with Crippen molar-refractivity contribution in [2.75, 3.05) is 7.05 Å². The van der Waals surface area contributed by atoms with Crippen LogP contribution in [0.15, 0.2) is 36.5 Å². The highest BCUT2D eigenvalue weighted by molar-refractivity contribution is 7.18. The van der Waals surface area contributed by atoms with Gasteiger partial charge in [-0.25, -0.2) is 0 Å². The summed E-state index contributed by atoms with van der Waals surface area (Å²) in [4.78, 5) is 19.2. The van der Waals surface area contributed by atoms with Gasteiger partial charge in [-0.2, -0.15) is 0 Å². The van der Waals surface area contributed by atoms with Crippen molar-refractivity contribution in [3.63, 3.8) is 0 Å². The molecule has 0 aliphatic rings. The molecule has 0 aliphatic carbocycles. The van der Waals surface area contributed by atoms with Gasteiger partial charge in [0.1, 0.15) is 0 Å². The van der Waals surface area contributed by atoms with E-state index in [1.54, 1.807) is 18.3 Å². The molecule has 5 heteroatoms. The minimum Gasteiger partial charge on any atom is -0.291 e. The molecule has 0 radical (unpaired) electrons. The van der Waals surface area contributed by atoms with E-state index in [-0.39, 0.29) is 11.8 Å². The summed E-state index contributed by atoms with van der Waals surface area (Å²) >= 11 is 7.18. The van der Waals surface area contributed by atoms with Crippen molar-refractivity contribution in [3.8, 4) is 0 Å². The van der Waals surface area contributed by atoms with Gasteiger partial charge < -0.3 is 0 Å². The molecule has 0 bridgehead atoms. The highest BCUT2D eigenvalue weighted by atomic mass is 35.5. The first-order valence-corrected chi connectivity index (χ1v) is 7.17. The first-order valence-electron chi connectivity index (χ1n) is 5.97. The minimum absolute atomic E-state index is 0.0929. The zero-order valence-corrected chi connectivity index (χ0v) is 12.4. The average molecular weight is 295 g/mol. The summed E-state index contributed by atoms with van der Waals surface area (Å²) in [6.07, 6.45) is 1.76. The number of thiophene rings is 1. The highest BCUT2D eigenvalue weighted by Gasteiger charge is 2.21. The van der Waals surface area contributed by atoms with Crippen molar-refractivity contribution in [1.82, 2.24) is 9.88 Å². The third-order valence-corrected chi connectivity index (χ3v) is 4.24. The summed E-state index contributed by atoms with van der Waals surface area (Å²) < 4.78 is 0.642. The number of carbonyl (C=O) groups excluding carboxylic acids is 1. The zero-order valence-electron chi connectivity index (χ0n) is 10.8. The number of likely N-dealkylation sites (N-methyl/N-ethyl adjacent to an activating group) is 1. The number of aromatic nitrogens is 1. The molecule has 2 aromatic heterocycles. The minimum atomic E-state index is -0.197. The van der Waals surface area contributed by atoms with Crippen LogP contribution in [0.25, 0.3) is 0 Å². The maximum atomic E-state index is 12.3. The largest absolute Gasteiger partial charge is 0.291 e. The molecule has 0 spiro atoms. The predicted octanol–water partition coefficient (Wildman–Crippen LogP) is 3.50. The van der Waals surface area contributed by atoms with E-state index in [0.717, 1.165) is 5.69 Å². The highest BCUT2D eigenvalue weighted by Crippen LogP contribution is 2.23. The number of nitrogens with zero attached hydrogens (tertiary/aromatic N) is 2. The van der Waals surface area contributed by atoms with Crippen LogP contribution in [0.3, 0.4) is 0 Å². The van der Waals surface area contributed by atoms with Gasteiger partial charge in [0, 0.05) is 12.7 Å². The SMILES string of the molecule is CC(C(=O)c1ccc(Cl)s1)N(C)Cc1ccccn1. The lowest BCUT2D eigenvalue weighted by atomic mass is 10.1. The van der Waals surface area contributed by atoms with Crippen molar-refractivity contribution < 1.29 is 4.79 Å². The van der Waals surface area contributed by atoms with Crippen LogP contribution in [0.5, 0.6) is 0 Å². The average Bonchev–Trinajstić information content (AvgIpc) is 2.85. The lowest BCUT2D eigenvalue weighted by Gasteiger charge is -2.22. The zero-order chi connectivity index (χ0) is 13.8. The molecule has 100 valence electrons. The fourth-order valence-electron chi connectivity index (χ4n) is 1.74. The van der Waals surface area contributed by atoms with E-state index in [0.29, 0.717) is 15.8 Å². The van der Waals surface area contributed by atoms with Gasteiger partial charge in [0.2, 0.25) is 0 Å². The maximum absolute atomic E-state index is 12.3. The van der Waals surface area contributed by atoms with Crippen LogP contribution in [0, 0.1) is 0 Å². The van der Waals surface area contributed by atoms with Gasteiger partial charge >= 0.3 is 0 Å². The Balaban J connectivity index is 2.03. The molecule has 2 aromatic rings. The lowest BCUT2D eigenvalue weighted by molar-refractivity contribution is 0.0865. The Bertz CT molecular complexity index is 556. The first-order chi connectivity index (χ1) is 9.08. The van der Waals surface area contributed by atoms with Crippen LogP contribution < -0.4 is 0 Å². The molecule has 2 heterocycles. The summed E-state index contributed by atoms with van der Waals surface area (Å²) in [5.74, 6) is 0.0929. The number of ketones is 1. The van der Waals surface area contributed by atoms with Crippen LogP contribution in [-0.4, -0.2) is 28.8 Å². The Morgan fingerprint density at radius 2 is 2.21 bits per heavy atom. The Morgan fingerprint density at radius 3 is 2.79 bits per heavy atom. The molecule has 0 saturated heterocycles. The summed E-state index contributed by atoms with van der Waals surface area (Å²) in [6, 6.07) is 9.12. The molecule has 2 rings (SSSR count). The van der Waals surface area contributed by atoms with Gasteiger partial charge in [0.05, 0.1) is 20.9 Å². The van der Waals surface area contributed by atoms with Crippen molar-refractivity contribution in [2.24, 2.45) is 0 Å². The van der Waals surface area contributed by atoms with Crippen LogP contribution in [-0.2, 0) is 6.54 Å². The van der Waals surface area contributed by atoms with E-state index in [1.165, 1.54) is 11.3 Å². The lowest BCUT2D eigenvalue weighted by Crippen LogP contribution is -2.35. The smallest absolute Gasteiger partial charge is 0.189 e. The van der Waals surface area contributed by atoms with Gasteiger partial charge in [-0.3, -0.25) is 14.7 Å². The van der Waals surface area contributed by atoms with E-state index >= 15 is 0 Å². The van der Waals surface area contributed by atoms with E-state index in [1.807, 2.05) is 37.1 Å². The Hall–Kier alpha value is -1.23. The Labute approximate surface area is 121 Å². The monoisotopic (exact) mass is 294 g/mol. The molecule has 0 saturated carbocycles.